The molecule has 2 saturated heterocycles. The molecule has 135 heavy (non-hydrogen) atoms. The Hall–Kier alpha value is -13.7. The lowest BCUT2D eigenvalue weighted by Crippen LogP contribution is -2.64. The summed E-state index contributed by atoms with van der Waals surface area (Å²) in [5.74, 6) is -27.1. The zero-order chi connectivity index (χ0) is 99.2. The van der Waals surface area contributed by atoms with E-state index in [4.69, 9.17) is 10.5 Å². The molecule has 0 saturated carbocycles. The van der Waals surface area contributed by atoms with Gasteiger partial charge in [0.1, 0.15) is 84.0 Å². The topological polar surface area (TPSA) is 547 Å². The number of ether oxygens (including phenoxy) is 1. The molecule has 6 aromatic rings. The van der Waals surface area contributed by atoms with E-state index in [-0.39, 0.29) is 69.7 Å². The van der Waals surface area contributed by atoms with Crippen LogP contribution in [0.3, 0.4) is 0 Å². The number of aromatic hydroxyl groups is 2. The number of hydrogen-bond acceptors (Lipinski definition) is 21. The van der Waals surface area contributed by atoms with Gasteiger partial charge in [0, 0.05) is 95.6 Å². The fourth-order valence-electron chi connectivity index (χ4n) is 15.7. The molecule has 8 rings (SSSR count). The van der Waals surface area contributed by atoms with E-state index in [0.29, 0.717) is 63.5 Å². The van der Waals surface area contributed by atoms with Gasteiger partial charge in [0.05, 0.1) is 38.5 Å². The standard InChI is InChI=1S/C93H119F3N16O22S/c1-10-12-22-71-92(132)111(33-11-2)47-76(116)100-68(44-79(120)121)86(126)107-81(52(5)6)93(133)109(8)72(41-53-18-14-13-15-19-53)87(127)102-64(31-32-78(118)119)90(130)112-34-35-134-48-74(112)88(128)105-67(43-57-45-98-63-21-17-16-20-60(57)63)85(125)104-66(39-54-23-27-58(113)28-24-54)84(124)103-65(36-51(3)4)83(123)106-70(82(122)99-46-75(97)115)49-135-50-77(117)101-69(40-56-37-61(94)80(96)62(95)38-56)89(129)110(9)73(91(131)108(71)7)42-55-25-29-59(114)30-26-55/h13-21,23-30,37-38,45,51-52,64-74,81,98,113-114H,10-12,22,31-36,39-44,46-50H2,1-9H3,(H2,97,115)(H,99,122)(H,100,116)(H,101,117)(H,102,127)(H,103,124)(H,104,125)(H,105,128)(H,106,123)(H,107,126)(H,118,119)(H,120,121)/t64-,65-,66-,67-,68-,69-,70-,71-,72-,73?,74+,81-/m0/s1. The highest BCUT2D eigenvalue weighted by atomic mass is 32.2. The minimum absolute atomic E-state index is 0.109. The first-order valence-electron chi connectivity index (χ1n) is 44.3. The van der Waals surface area contributed by atoms with Crippen molar-refractivity contribution in [2.45, 2.75) is 198 Å². The molecule has 15 amide bonds. The van der Waals surface area contributed by atoms with Crippen LogP contribution in [0.25, 0.3) is 10.9 Å². The number of rotatable bonds is 26. The monoisotopic (exact) mass is 1900 g/mol. The fraction of sp³-hybridized carbons (Fsp3) is 0.473. The minimum atomic E-state index is -2.01. The first-order valence-corrected chi connectivity index (χ1v) is 45.5. The molecule has 2 fully saturated rings. The van der Waals surface area contributed by atoms with Crippen molar-refractivity contribution in [1.82, 2.24) is 77.3 Å². The Morgan fingerprint density at radius 2 is 1.09 bits per heavy atom. The summed E-state index contributed by atoms with van der Waals surface area (Å²) in [6, 6.07) is 6.30. The van der Waals surface area contributed by atoms with Gasteiger partial charge in [0.2, 0.25) is 88.6 Å². The zero-order valence-electron chi connectivity index (χ0n) is 76.5. The van der Waals surface area contributed by atoms with Crippen molar-refractivity contribution in [3.63, 3.8) is 0 Å². The van der Waals surface area contributed by atoms with Gasteiger partial charge in [-0.3, -0.25) is 81.5 Å². The number of phenols is 2. The van der Waals surface area contributed by atoms with Gasteiger partial charge < -0.3 is 108 Å². The van der Waals surface area contributed by atoms with E-state index < -0.39 is 278 Å². The first kappa shape index (κ1) is 107. The van der Waals surface area contributed by atoms with Crippen LogP contribution in [0.1, 0.15) is 121 Å². The average Bonchev–Trinajstić information content (AvgIpc) is 1.71. The van der Waals surface area contributed by atoms with Crippen LogP contribution in [0.2, 0.25) is 0 Å². The van der Waals surface area contributed by atoms with E-state index in [1.165, 1.54) is 76.5 Å². The average molecular weight is 1900 g/mol. The summed E-state index contributed by atoms with van der Waals surface area (Å²) in [5, 5.41) is 64.9. The minimum Gasteiger partial charge on any atom is -0.508 e. The Bertz CT molecular complexity index is 5210. The van der Waals surface area contributed by atoms with Crippen molar-refractivity contribution >= 4 is 123 Å². The number of benzene rings is 5. The van der Waals surface area contributed by atoms with Gasteiger partial charge in [-0.15, -0.1) is 11.8 Å². The van der Waals surface area contributed by atoms with Crippen molar-refractivity contribution in [3.05, 3.63) is 167 Å². The van der Waals surface area contributed by atoms with Crippen LogP contribution in [0, 0.1) is 29.3 Å². The number of primary amides is 1. The number of carbonyl (C=O) groups is 17. The number of nitrogens with zero attached hydrogens (tertiary/aromatic N) is 5. The number of morpholine rings is 1. The van der Waals surface area contributed by atoms with Gasteiger partial charge in [-0.25, -0.2) is 13.2 Å². The number of phenolic OH excluding ortho intramolecular Hbond substituents is 2. The second-order valence-electron chi connectivity index (χ2n) is 34.1. The number of halogens is 3. The molecule has 2 aliphatic heterocycles. The molecule has 1 aromatic heterocycles. The Kier molecular flexibility index (Phi) is 40.3. The number of thioether (sulfide) groups is 1. The van der Waals surface area contributed by atoms with Crippen LogP contribution in [0.5, 0.6) is 11.5 Å². The second-order valence-corrected chi connectivity index (χ2v) is 35.2. The number of aromatic amines is 1. The van der Waals surface area contributed by atoms with Crippen LogP contribution >= 0.6 is 11.8 Å². The van der Waals surface area contributed by atoms with Crippen LogP contribution in [-0.4, -0.2) is 295 Å². The summed E-state index contributed by atoms with van der Waals surface area (Å²) < 4.78 is 50.9. The van der Waals surface area contributed by atoms with Crippen molar-refractivity contribution < 1.29 is 120 Å². The third kappa shape index (κ3) is 31.2. The predicted molar refractivity (Wildman–Crippen MR) is 487 cm³/mol. The van der Waals surface area contributed by atoms with Gasteiger partial charge in [-0.2, -0.15) is 0 Å². The molecular formula is C93H119F3N16O22S. The molecule has 12 atom stereocenters. The van der Waals surface area contributed by atoms with Gasteiger partial charge in [-0.05, 0) is 108 Å². The highest BCUT2D eigenvalue weighted by Gasteiger charge is 2.45. The summed E-state index contributed by atoms with van der Waals surface area (Å²) in [6.45, 7) is 6.71. The summed E-state index contributed by atoms with van der Waals surface area (Å²) in [5.41, 5.74) is 7.11. The number of amides is 15. The molecule has 42 heteroatoms. The molecule has 38 nitrogen and oxygen atoms in total. The molecule has 2 aliphatic rings. The number of aromatic nitrogens is 1. The van der Waals surface area contributed by atoms with Crippen molar-refractivity contribution in [2.75, 3.05) is 72.0 Å². The van der Waals surface area contributed by atoms with Crippen LogP contribution < -0.4 is 53.6 Å². The molecular weight excluding hydrogens is 1780 g/mol. The molecule has 1 unspecified atom stereocenters. The van der Waals surface area contributed by atoms with E-state index in [9.17, 15) is 58.4 Å². The quantitative estimate of drug-likeness (QED) is 0.0345. The van der Waals surface area contributed by atoms with Gasteiger partial charge in [0.15, 0.2) is 17.5 Å². The number of carboxylic acids is 2. The van der Waals surface area contributed by atoms with Crippen LogP contribution in [-0.2, 0) is 118 Å². The first-order chi connectivity index (χ1) is 64.1. The third-order valence-corrected chi connectivity index (χ3v) is 24.0. The molecule has 730 valence electrons. The van der Waals surface area contributed by atoms with Crippen LogP contribution in [0.4, 0.5) is 13.2 Å². The van der Waals surface area contributed by atoms with E-state index in [0.717, 1.165) is 31.5 Å². The van der Waals surface area contributed by atoms with E-state index in [1.807, 2.05) is 0 Å². The smallest absolute Gasteiger partial charge is 0.305 e. The highest BCUT2D eigenvalue weighted by Crippen LogP contribution is 2.27. The summed E-state index contributed by atoms with van der Waals surface area (Å²) in [6.07, 6.45) is -2.73. The Morgan fingerprint density at radius 3 is 1.70 bits per heavy atom. The van der Waals surface area contributed by atoms with Gasteiger partial charge in [-0.1, -0.05) is 127 Å². The van der Waals surface area contributed by atoms with Gasteiger partial charge in [0.25, 0.3) is 0 Å². The zero-order valence-corrected chi connectivity index (χ0v) is 77.3. The molecule has 3 heterocycles. The normalized spacial score (nSPS) is 22.5. The lowest BCUT2D eigenvalue weighted by atomic mass is 9.98. The number of carbonyl (C=O) groups excluding carboxylic acids is 15. The number of H-pyrrole nitrogens is 1. The molecule has 16 N–H and O–H groups in total. The molecule has 0 aliphatic carbocycles. The number of hydrogen-bond donors (Lipinski definition) is 15. The van der Waals surface area contributed by atoms with Crippen molar-refractivity contribution in [2.24, 2.45) is 17.6 Å². The highest BCUT2D eigenvalue weighted by molar-refractivity contribution is 8.00. The Labute approximate surface area is 782 Å². The lowest BCUT2D eigenvalue weighted by molar-refractivity contribution is -0.152. The number of nitrogens with two attached hydrogens (primary N) is 1. The van der Waals surface area contributed by atoms with Crippen molar-refractivity contribution in [1.29, 1.82) is 0 Å². The van der Waals surface area contributed by atoms with Gasteiger partial charge >= 0.3 is 11.9 Å². The Balaban J connectivity index is 1.25. The van der Waals surface area contributed by atoms with E-state index in [2.05, 4.69) is 52.8 Å². The van der Waals surface area contributed by atoms with E-state index in [1.54, 1.807) is 88.5 Å². The summed E-state index contributed by atoms with van der Waals surface area (Å²) in [7, 11) is 3.57. The second kappa shape index (κ2) is 51.0. The number of likely N-dealkylation sites (N-methyl/N-ethyl adjacent to an activating group) is 3. The number of unbranched alkanes of at least 4 members (excludes halogenated alkanes) is 1. The predicted octanol–water partition coefficient (Wildman–Crippen LogP) is 1.92. The molecule has 0 bridgehead atoms. The molecule has 0 radical (unpaired) electrons. The number of nitrogens with one attached hydrogen (secondary N) is 10. The number of aliphatic carboxylic acids is 2. The van der Waals surface area contributed by atoms with E-state index >= 15 is 56.7 Å². The maximum atomic E-state index is 15.7. The largest absolute Gasteiger partial charge is 0.508 e. The molecule has 0 spiro atoms. The summed E-state index contributed by atoms with van der Waals surface area (Å²) >= 11 is 0.639. The van der Waals surface area contributed by atoms with Crippen molar-refractivity contribution in [3.8, 4) is 11.5 Å². The third-order valence-electron chi connectivity index (χ3n) is 22.9. The summed E-state index contributed by atoms with van der Waals surface area (Å²) in [4.78, 5) is 258. The lowest BCUT2D eigenvalue weighted by Gasteiger charge is -2.38. The number of para-hydroxylation sites is 1. The number of fused-ring (bicyclic) bond motifs is 2. The fourth-order valence-corrected chi connectivity index (χ4v) is 16.5. The van der Waals surface area contributed by atoms with Crippen LogP contribution in [0.15, 0.2) is 121 Å². The molecule has 5 aromatic carbocycles. The SMILES string of the molecule is CCCC[C@H]1C(=O)N(CCC)CC(=O)N[C@@H](CC(=O)O)C(=O)N[C@@H](C(C)C)C(=O)N(C)[C@@H](Cc2ccccc2)C(=O)N[C@@H](CCC(=O)O)C(=O)N2CCOC[C@@H]2C(=O)N[C@@H](Cc2c[nH]c3ccccc23)C(=O)N[C@@H](Cc2ccc(O)cc2)C(=O)N[C@@H](CC(C)C)C(=O)N[C@H](C(=O)NCC(N)=O)CSCC(=O)N[C@@H](Cc2cc(F)c(F)c(F)c2)C(=O)N(C)C(Cc2ccc(O)cc2)C(=O)N1C. The maximum absolute atomic E-state index is 15.7. The Morgan fingerprint density at radius 1 is 0.541 bits per heavy atom. The number of carboxylic acid groups (broad SMARTS) is 2. The maximum Gasteiger partial charge on any atom is 0.305 e.